The van der Waals surface area contributed by atoms with Gasteiger partial charge in [0.05, 0.1) is 0 Å². The zero-order valence-corrected chi connectivity index (χ0v) is 10.8. The molecule has 2 aromatic rings. The van der Waals surface area contributed by atoms with Gasteiger partial charge in [0.25, 0.3) is 10.0 Å². The standard InChI is InChI=1S/C11H10N2O3S2/c14-11(12-9-5-2-1-3-6-9)13-18(15,16)10-7-4-8-17-10/h1-8H,(H2,12,13,14). The fourth-order valence-electron chi connectivity index (χ4n) is 1.27. The van der Waals surface area contributed by atoms with Gasteiger partial charge >= 0.3 is 6.03 Å². The molecule has 0 aliphatic carbocycles. The molecule has 0 aliphatic rings. The van der Waals surface area contributed by atoms with E-state index in [1.807, 2.05) is 4.72 Å². The van der Waals surface area contributed by atoms with Gasteiger partial charge in [0.15, 0.2) is 0 Å². The van der Waals surface area contributed by atoms with Crippen molar-refractivity contribution >= 4 is 33.1 Å². The van der Waals surface area contributed by atoms with Gasteiger partial charge in [-0.2, -0.15) is 0 Å². The monoisotopic (exact) mass is 282 g/mol. The van der Waals surface area contributed by atoms with E-state index in [9.17, 15) is 13.2 Å². The van der Waals surface area contributed by atoms with Gasteiger partial charge in [0.1, 0.15) is 4.21 Å². The molecule has 7 heteroatoms. The Kier molecular flexibility index (Phi) is 3.63. The van der Waals surface area contributed by atoms with Crippen molar-refractivity contribution in [1.29, 1.82) is 0 Å². The number of carbonyl (C=O) groups excluding carboxylic acids is 1. The Labute approximate surface area is 109 Å². The highest BCUT2D eigenvalue weighted by atomic mass is 32.2. The lowest BCUT2D eigenvalue weighted by Gasteiger charge is -2.06. The van der Waals surface area contributed by atoms with Gasteiger partial charge in [-0.05, 0) is 23.6 Å². The highest BCUT2D eigenvalue weighted by Gasteiger charge is 2.18. The molecule has 0 bridgehead atoms. The second-order valence-corrected chi connectivity index (χ2v) is 6.21. The van der Waals surface area contributed by atoms with Gasteiger partial charge in [-0.15, -0.1) is 11.3 Å². The molecule has 2 rings (SSSR count). The summed E-state index contributed by atoms with van der Waals surface area (Å²) in [4.78, 5) is 11.5. The second kappa shape index (κ2) is 5.19. The minimum Gasteiger partial charge on any atom is -0.307 e. The van der Waals surface area contributed by atoms with Crippen LogP contribution in [0.2, 0.25) is 0 Å². The minimum absolute atomic E-state index is 0.103. The van der Waals surface area contributed by atoms with Crippen molar-refractivity contribution in [1.82, 2.24) is 4.72 Å². The minimum atomic E-state index is -3.78. The highest BCUT2D eigenvalue weighted by Crippen LogP contribution is 2.15. The van der Waals surface area contributed by atoms with Gasteiger partial charge in [-0.3, -0.25) is 0 Å². The highest BCUT2D eigenvalue weighted by molar-refractivity contribution is 7.92. The molecule has 0 radical (unpaired) electrons. The Morgan fingerprint density at radius 2 is 1.78 bits per heavy atom. The molecule has 1 aromatic heterocycles. The predicted octanol–water partition coefficient (Wildman–Crippen LogP) is 2.26. The number of thiophene rings is 1. The van der Waals surface area contributed by atoms with Crippen molar-refractivity contribution < 1.29 is 13.2 Å². The second-order valence-electron chi connectivity index (χ2n) is 3.36. The summed E-state index contributed by atoms with van der Waals surface area (Å²) in [5.41, 5.74) is 0.524. The zero-order chi connectivity index (χ0) is 13.0. The molecule has 0 unspecified atom stereocenters. The van der Waals surface area contributed by atoms with Crippen LogP contribution < -0.4 is 10.0 Å². The molecule has 0 atom stereocenters. The van der Waals surface area contributed by atoms with Crippen molar-refractivity contribution in [2.75, 3.05) is 5.32 Å². The number of hydrogen-bond donors (Lipinski definition) is 2. The van der Waals surface area contributed by atoms with Crippen LogP contribution >= 0.6 is 11.3 Å². The number of para-hydroxylation sites is 1. The Morgan fingerprint density at radius 3 is 2.39 bits per heavy atom. The molecule has 2 amide bonds. The third kappa shape index (κ3) is 3.08. The molecule has 0 fully saturated rings. The number of rotatable bonds is 3. The smallest absolute Gasteiger partial charge is 0.307 e. The van der Waals surface area contributed by atoms with Crippen molar-refractivity contribution in [2.24, 2.45) is 0 Å². The Bertz CT molecular complexity index is 622. The van der Waals surface area contributed by atoms with E-state index in [4.69, 9.17) is 0 Å². The molecule has 94 valence electrons. The fourth-order valence-corrected chi connectivity index (χ4v) is 3.17. The van der Waals surface area contributed by atoms with Crippen LogP contribution in [0.15, 0.2) is 52.1 Å². The quantitative estimate of drug-likeness (QED) is 0.906. The lowest BCUT2D eigenvalue weighted by Crippen LogP contribution is -2.33. The maximum atomic E-state index is 11.7. The molecule has 1 heterocycles. The Balaban J connectivity index is 2.05. The van der Waals surface area contributed by atoms with Crippen LogP contribution in [0, 0.1) is 0 Å². The number of carbonyl (C=O) groups is 1. The number of hydrogen-bond acceptors (Lipinski definition) is 4. The number of urea groups is 1. The lowest BCUT2D eigenvalue weighted by molar-refractivity contribution is 0.256. The van der Waals surface area contributed by atoms with Crippen LogP contribution in [-0.4, -0.2) is 14.4 Å². The van der Waals surface area contributed by atoms with E-state index in [1.54, 1.807) is 41.8 Å². The van der Waals surface area contributed by atoms with E-state index in [2.05, 4.69) is 5.32 Å². The fraction of sp³-hybridized carbons (Fsp3) is 0. The van der Waals surface area contributed by atoms with E-state index < -0.39 is 16.1 Å². The number of sulfonamides is 1. The van der Waals surface area contributed by atoms with Crippen molar-refractivity contribution in [2.45, 2.75) is 4.21 Å². The number of amides is 2. The summed E-state index contributed by atoms with van der Waals surface area (Å²) in [6, 6.07) is 10.9. The first-order chi connectivity index (χ1) is 8.58. The maximum Gasteiger partial charge on any atom is 0.333 e. The van der Waals surface area contributed by atoms with Crippen LogP contribution in [0.3, 0.4) is 0 Å². The number of nitrogens with one attached hydrogen (secondary N) is 2. The molecular formula is C11H10N2O3S2. The number of benzene rings is 1. The van der Waals surface area contributed by atoms with E-state index in [0.717, 1.165) is 11.3 Å². The molecule has 0 spiro atoms. The van der Waals surface area contributed by atoms with E-state index in [0.29, 0.717) is 5.69 Å². The van der Waals surface area contributed by atoms with Gasteiger partial charge in [-0.25, -0.2) is 17.9 Å². The van der Waals surface area contributed by atoms with E-state index in [1.165, 1.54) is 6.07 Å². The van der Waals surface area contributed by atoms with Gasteiger partial charge in [0, 0.05) is 5.69 Å². The third-order valence-electron chi connectivity index (χ3n) is 2.02. The first kappa shape index (κ1) is 12.6. The predicted molar refractivity (Wildman–Crippen MR) is 70.1 cm³/mol. The van der Waals surface area contributed by atoms with Crippen LogP contribution in [0.1, 0.15) is 0 Å². The van der Waals surface area contributed by atoms with Gasteiger partial charge < -0.3 is 5.32 Å². The molecule has 18 heavy (non-hydrogen) atoms. The summed E-state index contributed by atoms with van der Waals surface area (Å²) < 4.78 is 25.5. The molecular weight excluding hydrogens is 272 g/mol. The van der Waals surface area contributed by atoms with E-state index >= 15 is 0 Å². The largest absolute Gasteiger partial charge is 0.333 e. The topological polar surface area (TPSA) is 75.3 Å². The van der Waals surface area contributed by atoms with Crippen molar-refractivity contribution in [3.63, 3.8) is 0 Å². The molecule has 0 saturated carbocycles. The molecule has 2 N–H and O–H groups in total. The van der Waals surface area contributed by atoms with Crippen LogP contribution in [0.4, 0.5) is 10.5 Å². The first-order valence-electron chi connectivity index (χ1n) is 5.00. The normalized spacial score (nSPS) is 10.9. The van der Waals surface area contributed by atoms with Gasteiger partial charge in [-0.1, -0.05) is 24.3 Å². The molecule has 0 aliphatic heterocycles. The average Bonchev–Trinajstić information content (AvgIpc) is 2.83. The molecule has 1 aromatic carbocycles. The van der Waals surface area contributed by atoms with Crippen LogP contribution in [-0.2, 0) is 10.0 Å². The summed E-state index contributed by atoms with van der Waals surface area (Å²) in [5, 5.41) is 4.06. The van der Waals surface area contributed by atoms with E-state index in [-0.39, 0.29) is 4.21 Å². The third-order valence-corrected chi connectivity index (χ3v) is 4.75. The number of anilines is 1. The molecule has 5 nitrogen and oxygen atoms in total. The molecule has 0 saturated heterocycles. The van der Waals surface area contributed by atoms with Gasteiger partial charge in [0.2, 0.25) is 0 Å². The summed E-state index contributed by atoms with van der Waals surface area (Å²) >= 11 is 1.05. The maximum absolute atomic E-state index is 11.7. The SMILES string of the molecule is O=C(Nc1ccccc1)NS(=O)(=O)c1cccs1. The Morgan fingerprint density at radius 1 is 1.06 bits per heavy atom. The van der Waals surface area contributed by atoms with Crippen LogP contribution in [0.25, 0.3) is 0 Å². The summed E-state index contributed by atoms with van der Waals surface area (Å²) in [5.74, 6) is 0. The first-order valence-corrected chi connectivity index (χ1v) is 7.36. The van der Waals surface area contributed by atoms with Crippen molar-refractivity contribution in [3.05, 3.63) is 47.8 Å². The average molecular weight is 282 g/mol. The zero-order valence-electron chi connectivity index (χ0n) is 9.16. The summed E-state index contributed by atoms with van der Waals surface area (Å²) in [6.45, 7) is 0. The lowest BCUT2D eigenvalue weighted by atomic mass is 10.3. The summed E-state index contributed by atoms with van der Waals surface area (Å²) in [6.07, 6.45) is 0. The van der Waals surface area contributed by atoms with Crippen molar-refractivity contribution in [3.8, 4) is 0 Å². The summed E-state index contributed by atoms with van der Waals surface area (Å²) in [7, 11) is -3.78. The van der Waals surface area contributed by atoms with Crippen LogP contribution in [0.5, 0.6) is 0 Å². The Hall–Kier alpha value is -1.86.